The van der Waals surface area contributed by atoms with Gasteiger partial charge < -0.3 is 0 Å². The number of carbonyl (C=O) groups excluding carboxylic acids is 1. The smallest absolute Gasteiger partial charge is 0.200 e. The average molecular weight is 232 g/mol. The van der Waals surface area contributed by atoms with E-state index in [2.05, 4.69) is 13.0 Å². The van der Waals surface area contributed by atoms with Crippen molar-refractivity contribution in [1.29, 1.82) is 0 Å². The molecule has 0 spiro atoms. The van der Waals surface area contributed by atoms with E-state index in [1.807, 2.05) is 30.3 Å². The van der Waals surface area contributed by atoms with Crippen LogP contribution in [0.25, 0.3) is 0 Å². The summed E-state index contributed by atoms with van der Waals surface area (Å²) in [5.41, 5.74) is 1.36. The molecule has 0 amide bonds. The zero-order chi connectivity index (χ0) is 11.4. The van der Waals surface area contributed by atoms with Gasteiger partial charge in [0.15, 0.2) is 0 Å². The van der Waals surface area contributed by atoms with Gasteiger partial charge >= 0.3 is 0 Å². The van der Waals surface area contributed by atoms with Crippen molar-refractivity contribution >= 4 is 16.9 Å². The van der Waals surface area contributed by atoms with Crippen LogP contribution in [0, 0.1) is 5.92 Å². The predicted octanol–water partition coefficient (Wildman–Crippen LogP) is 4.05. The van der Waals surface area contributed by atoms with Crippen LogP contribution < -0.4 is 0 Å². The maximum absolute atomic E-state index is 12.0. The summed E-state index contributed by atoms with van der Waals surface area (Å²) >= 11 is 1.37. The molecule has 16 heavy (non-hydrogen) atoms. The van der Waals surface area contributed by atoms with Crippen LogP contribution in [0.15, 0.2) is 46.9 Å². The van der Waals surface area contributed by atoms with Gasteiger partial charge in [0.1, 0.15) is 0 Å². The van der Waals surface area contributed by atoms with E-state index in [0.29, 0.717) is 0 Å². The molecule has 0 N–H and O–H groups in total. The average Bonchev–Trinajstić information content (AvgIpc) is 2.30. The molecule has 0 aromatic heterocycles. The number of rotatable bonds is 2. The van der Waals surface area contributed by atoms with Gasteiger partial charge in [0.2, 0.25) is 5.12 Å². The van der Waals surface area contributed by atoms with E-state index in [4.69, 9.17) is 0 Å². The van der Waals surface area contributed by atoms with Gasteiger partial charge in [0.25, 0.3) is 0 Å². The summed E-state index contributed by atoms with van der Waals surface area (Å²) in [6.45, 7) is 2.12. The van der Waals surface area contributed by atoms with Crippen LogP contribution in [0.5, 0.6) is 0 Å². The molecular weight excluding hydrogens is 216 g/mol. The van der Waals surface area contributed by atoms with E-state index in [0.717, 1.165) is 24.2 Å². The Labute approximate surface area is 101 Å². The third kappa shape index (κ3) is 2.99. The summed E-state index contributed by atoms with van der Waals surface area (Å²) in [6, 6.07) is 9.89. The summed E-state index contributed by atoms with van der Waals surface area (Å²) in [4.78, 5) is 13.1. The largest absolute Gasteiger partial charge is 0.286 e. The molecule has 1 atom stereocenters. The molecule has 2 heteroatoms. The fraction of sp³-hybridized carbons (Fsp3) is 0.357. The zero-order valence-electron chi connectivity index (χ0n) is 9.48. The zero-order valence-corrected chi connectivity index (χ0v) is 10.3. The van der Waals surface area contributed by atoms with Crippen molar-refractivity contribution in [3.05, 3.63) is 42.0 Å². The van der Waals surface area contributed by atoms with Gasteiger partial charge in [0.05, 0.1) is 0 Å². The monoisotopic (exact) mass is 232 g/mol. The summed E-state index contributed by atoms with van der Waals surface area (Å²) in [6.07, 6.45) is 5.45. The molecule has 0 bridgehead atoms. The van der Waals surface area contributed by atoms with Crippen molar-refractivity contribution in [2.45, 2.75) is 31.1 Å². The number of thioether (sulfide) groups is 1. The van der Waals surface area contributed by atoms with Crippen LogP contribution in [-0.2, 0) is 4.79 Å². The third-order valence-electron chi connectivity index (χ3n) is 2.84. The maximum atomic E-state index is 12.0. The topological polar surface area (TPSA) is 17.1 Å². The summed E-state index contributed by atoms with van der Waals surface area (Å²) < 4.78 is 0. The Balaban J connectivity index is 2.01. The van der Waals surface area contributed by atoms with Gasteiger partial charge in [-0.1, -0.05) is 41.6 Å². The first-order valence-corrected chi connectivity index (χ1v) is 6.51. The lowest BCUT2D eigenvalue weighted by molar-refractivity contribution is -0.113. The van der Waals surface area contributed by atoms with Crippen molar-refractivity contribution < 1.29 is 4.79 Å². The SMILES string of the molecule is CC1=CC(C(=O)Sc2ccccc2)CCC1. The van der Waals surface area contributed by atoms with Crippen molar-refractivity contribution in [2.24, 2.45) is 5.92 Å². The first-order valence-electron chi connectivity index (χ1n) is 5.70. The Morgan fingerprint density at radius 1 is 1.31 bits per heavy atom. The van der Waals surface area contributed by atoms with E-state index < -0.39 is 0 Å². The van der Waals surface area contributed by atoms with Crippen molar-refractivity contribution in [1.82, 2.24) is 0 Å². The second kappa shape index (κ2) is 5.35. The molecule has 1 nitrogen and oxygen atoms in total. The molecule has 2 rings (SSSR count). The minimum absolute atomic E-state index is 0.124. The Morgan fingerprint density at radius 3 is 2.75 bits per heavy atom. The van der Waals surface area contributed by atoms with E-state index in [1.165, 1.54) is 17.3 Å². The van der Waals surface area contributed by atoms with Crippen LogP contribution in [0.4, 0.5) is 0 Å². The number of allylic oxidation sites excluding steroid dienone is 2. The second-order valence-electron chi connectivity index (χ2n) is 4.25. The molecule has 0 aliphatic heterocycles. The van der Waals surface area contributed by atoms with E-state index >= 15 is 0 Å². The van der Waals surface area contributed by atoms with Crippen molar-refractivity contribution in [2.75, 3.05) is 0 Å². The van der Waals surface area contributed by atoms with Crippen LogP contribution in [0.2, 0.25) is 0 Å². The van der Waals surface area contributed by atoms with Gasteiger partial charge in [-0.2, -0.15) is 0 Å². The normalized spacial score (nSPS) is 20.3. The van der Waals surface area contributed by atoms with Crippen molar-refractivity contribution in [3.63, 3.8) is 0 Å². The highest BCUT2D eigenvalue weighted by Crippen LogP contribution is 2.29. The highest BCUT2D eigenvalue weighted by Gasteiger charge is 2.19. The van der Waals surface area contributed by atoms with Crippen molar-refractivity contribution in [3.8, 4) is 0 Å². The van der Waals surface area contributed by atoms with Gasteiger partial charge in [-0.3, -0.25) is 4.79 Å². The first-order chi connectivity index (χ1) is 7.75. The molecule has 0 saturated heterocycles. The molecule has 0 fully saturated rings. The summed E-state index contributed by atoms with van der Waals surface area (Å²) in [5.74, 6) is 0.124. The third-order valence-corrected chi connectivity index (χ3v) is 3.85. The maximum Gasteiger partial charge on any atom is 0.200 e. The number of carbonyl (C=O) groups is 1. The fourth-order valence-corrected chi connectivity index (χ4v) is 2.84. The molecule has 1 aliphatic rings. The Morgan fingerprint density at radius 2 is 2.06 bits per heavy atom. The van der Waals surface area contributed by atoms with Gasteiger partial charge in [0, 0.05) is 10.8 Å². The molecular formula is C14H16OS. The minimum Gasteiger partial charge on any atom is -0.286 e. The number of hydrogen-bond donors (Lipinski definition) is 0. The Hall–Kier alpha value is -1.02. The summed E-state index contributed by atoms with van der Waals surface area (Å²) in [7, 11) is 0. The lowest BCUT2D eigenvalue weighted by Crippen LogP contribution is -2.12. The van der Waals surface area contributed by atoms with Crippen LogP contribution in [-0.4, -0.2) is 5.12 Å². The van der Waals surface area contributed by atoms with E-state index in [9.17, 15) is 4.79 Å². The number of benzene rings is 1. The molecule has 1 aromatic carbocycles. The highest BCUT2D eigenvalue weighted by molar-refractivity contribution is 8.13. The number of hydrogen-bond acceptors (Lipinski definition) is 2. The van der Waals surface area contributed by atoms with Crippen LogP contribution in [0.1, 0.15) is 26.2 Å². The second-order valence-corrected chi connectivity index (χ2v) is 5.32. The quantitative estimate of drug-likeness (QED) is 0.565. The molecule has 0 heterocycles. The lowest BCUT2D eigenvalue weighted by Gasteiger charge is -2.17. The Kier molecular flexibility index (Phi) is 3.83. The first kappa shape index (κ1) is 11.5. The lowest BCUT2D eigenvalue weighted by atomic mass is 9.92. The van der Waals surface area contributed by atoms with Crippen LogP contribution in [0.3, 0.4) is 0 Å². The van der Waals surface area contributed by atoms with Gasteiger partial charge in [-0.25, -0.2) is 0 Å². The molecule has 0 saturated carbocycles. The van der Waals surface area contributed by atoms with Crippen LogP contribution >= 0.6 is 11.8 Å². The predicted molar refractivity (Wildman–Crippen MR) is 68.4 cm³/mol. The highest BCUT2D eigenvalue weighted by atomic mass is 32.2. The van der Waals surface area contributed by atoms with E-state index in [1.54, 1.807) is 0 Å². The molecule has 1 unspecified atom stereocenters. The van der Waals surface area contributed by atoms with E-state index in [-0.39, 0.29) is 11.0 Å². The molecule has 1 aromatic rings. The van der Waals surface area contributed by atoms with Gasteiger partial charge in [-0.15, -0.1) is 0 Å². The molecule has 0 radical (unpaired) electrons. The standard InChI is InChI=1S/C14H16OS/c1-11-6-5-7-12(10-11)14(15)16-13-8-3-2-4-9-13/h2-4,8-10,12H,5-7H2,1H3. The summed E-state index contributed by atoms with van der Waals surface area (Å²) in [5, 5.41) is 0.283. The van der Waals surface area contributed by atoms with Gasteiger partial charge in [-0.05, 0) is 38.3 Å². The molecule has 84 valence electrons. The minimum atomic E-state index is 0.124. The molecule has 1 aliphatic carbocycles. The fourth-order valence-electron chi connectivity index (χ4n) is 1.98. The Bertz CT molecular complexity index is 394.